The maximum atomic E-state index is 12.5. The van der Waals surface area contributed by atoms with Gasteiger partial charge in [-0.1, -0.05) is 29.8 Å². The molecular formula is C20H12ClN3O4. The Morgan fingerprint density at radius 2 is 1.89 bits per heavy atom. The van der Waals surface area contributed by atoms with E-state index in [2.05, 4.69) is 10.3 Å². The zero-order valence-corrected chi connectivity index (χ0v) is 15.0. The Balaban J connectivity index is 1.70. The maximum absolute atomic E-state index is 12.5. The lowest BCUT2D eigenvalue weighted by atomic mass is 10.1. The van der Waals surface area contributed by atoms with Gasteiger partial charge in [0, 0.05) is 16.7 Å². The van der Waals surface area contributed by atoms with Crippen LogP contribution in [0.1, 0.15) is 10.4 Å². The van der Waals surface area contributed by atoms with Gasteiger partial charge in [-0.05, 0) is 36.4 Å². The maximum Gasteiger partial charge on any atom is 0.273 e. The van der Waals surface area contributed by atoms with Crippen LogP contribution >= 0.6 is 11.6 Å². The molecule has 0 saturated heterocycles. The number of rotatable bonds is 4. The molecule has 4 aromatic rings. The van der Waals surface area contributed by atoms with Crippen LogP contribution in [0.2, 0.25) is 5.02 Å². The zero-order chi connectivity index (χ0) is 19.7. The minimum absolute atomic E-state index is 0.0854. The monoisotopic (exact) mass is 393 g/mol. The van der Waals surface area contributed by atoms with Gasteiger partial charge in [-0.15, -0.1) is 0 Å². The number of nitrogens with zero attached hydrogens (tertiary/aromatic N) is 2. The number of aromatic nitrogens is 1. The van der Waals surface area contributed by atoms with E-state index in [4.69, 9.17) is 16.0 Å². The fourth-order valence-corrected chi connectivity index (χ4v) is 2.94. The van der Waals surface area contributed by atoms with Gasteiger partial charge in [-0.2, -0.15) is 0 Å². The van der Waals surface area contributed by atoms with E-state index in [1.165, 1.54) is 18.2 Å². The minimum atomic E-state index is -0.499. The number of halogens is 1. The number of nitrogens with one attached hydrogen (secondary N) is 1. The molecule has 0 unspecified atom stereocenters. The molecule has 0 fully saturated rings. The molecule has 4 rings (SSSR count). The number of benzene rings is 3. The molecule has 1 aromatic heterocycles. The standard InChI is InChI=1S/C20H12ClN3O4/c21-13-5-3-4-12(10-13)19(25)22-16-7-2-1-6-15(16)20-23-17-9-8-14(24(26)27)11-18(17)28-20/h1-11H,(H,22,25). The normalized spacial score (nSPS) is 10.8. The third kappa shape index (κ3) is 3.43. The highest BCUT2D eigenvalue weighted by Crippen LogP contribution is 2.31. The average Bonchev–Trinajstić information content (AvgIpc) is 3.11. The Morgan fingerprint density at radius 3 is 2.68 bits per heavy atom. The number of nitro benzene ring substituents is 1. The predicted octanol–water partition coefficient (Wildman–Crippen LogP) is 5.31. The van der Waals surface area contributed by atoms with Crippen LogP contribution in [0, 0.1) is 10.1 Å². The Morgan fingerprint density at radius 1 is 1.07 bits per heavy atom. The minimum Gasteiger partial charge on any atom is -0.436 e. The molecule has 0 aliphatic heterocycles. The van der Waals surface area contributed by atoms with E-state index in [1.807, 2.05) is 0 Å². The summed E-state index contributed by atoms with van der Waals surface area (Å²) in [5.74, 6) is -0.0841. The Kier molecular flexibility index (Phi) is 4.50. The number of para-hydroxylation sites is 1. The van der Waals surface area contributed by atoms with Gasteiger partial charge in [-0.3, -0.25) is 14.9 Å². The second-order valence-corrected chi connectivity index (χ2v) is 6.37. The van der Waals surface area contributed by atoms with E-state index >= 15 is 0 Å². The molecule has 1 heterocycles. The number of oxazole rings is 1. The van der Waals surface area contributed by atoms with E-state index in [0.29, 0.717) is 32.9 Å². The highest BCUT2D eigenvalue weighted by atomic mass is 35.5. The number of nitro groups is 1. The van der Waals surface area contributed by atoms with Crippen molar-refractivity contribution in [2.45, 2.75) is 0 Å². The summed E-state index contributed by atoms with van der Waals surface area (Å²) in [5, 5.41) is 14.2. The van der Waals surface area contributed by atoms with Crippen LogP contribution in [-0.2, 0) is 0 Å². The molecule has 0 aliphatic carbocycles. The summed E-state index contributed by atoms with van der Waals surface area (Å²) in [6.07, 6.45) is 0. The first-order valence-corrected chi connectivity index (χ1v) is 8.60. The third-order valence-corrected chi connectivity index (χ3v) is 4.31. The number of carbonyl (C=O) groups excluding carboxylic acids is 1. The Bertz CT molecular complexity index is 1220. The molecule has 1 amide bonds. The summed E-state index contributed by atoms with van der Waals surface area (Å²) in [6.45, 7) is 0. The van der Waals surface area contributed by atoms with E-state index in [0.717, 1.165) is 0 Å². The largest absolute Gasteiger partial charge is 0.436 e. The van der Waals surface area contributed by atoms with Gasteiger partial charge in [0.2, 0.25) is 5.89 Å². The molecule has 28 heavy (non-hydrogen) atoms. The molecule has 0 spiro atoms. The number of hydrogen-bond donors (Lipinski definition) is 1. The first-order chi connectivity index (χ1) is 13.5. The molecule has 0 aliphatic rings. The lowest BCUT2D eigenvalue weighted by Gasteiger charge is -2.09. The van der Waals surface area contributed by atoms with Crippen molar-refractivity contribution in [1.29, 1.82) is 0 Å². The van der Waals surface area contributed by atoms with Gasteiger partial charge >= 0.3 is 0 Å². The zero-order valence-electron chi connectivity index (χ0n) is 14.3. The van der Waals surface area contributed by atoms with Crippen molar-refractivity contribution in [2.75, 3.05) is 5.32 Å². The van der Waals surface area contributed by atoms with Crippen molar-refractivity contribution in [2.24, 2.45) is 0 Å². The number of non-ortho nitro benzene ring substituents is 1. The molecule has 1 N–H and O–H groups in total. The fourth-order valence-electron chi connectivity index (χ4n) is 2.74. The van der Waals surface area contributed by atoms with Gasteiger partial charge < -0.3 is 9.73 Å². The van der Waals surface area contributed by atoms with Crippen LogP contribution in [-0.4, -0.2) is 15.8 Å². The number of hydrogen-bond acceptors (Lipinski definition) is 5. The van der Waals surface area contributed by atoms with Gasteiger partial charge in [-0.25, -0.2) is 4.98 Å². The molecule has 0 radical (unpaired) electrons. The molecule has 138 valence electrons. The van der Waals surface area contributed by atoms with Gasteiger partial charge in [0.05, 0.1) is 22.2 Å². The second kappa shape index (κ2) is 7.13. The van der Waals surface area contributed by atoms with E-state index in [-0.39, 0.29) is 17.5 Å². The summed E-state index contributed by atoms with van der Waals surface area (Å²) in [4.78, 5) is 27.4. The van der Waals surface area contributed by atoms with Crippen molar-refractivity contribution >= 4 is 40.0 Å². The van der Waals surface area contributed by atoms with Gasteiger partial charge in [0.25, 0.3) is 11.6 Å². The van der Waals surface area contributed by atoms with E-state index in [1.54, 1.807) is 48.5 Å². The smallest absolute Gasteiger partial charge is 0.273 e. The first-order valence-electron chi connectivity index (χ1n) is 8.22. The molecule has 8 heteroatoms. The summed E-state index contributed by atoms with van der Waals surface area (Å²) >= 11 is 5.95. The topological polar surface area (TPSA) is 98.3 Å². The van der Waals surface area contributed by atoms with Crippen LogP contribution < -0.4 is 5.32 Å². The van der Waals surface area contributed by atoms with Crippen LogP contribution in [0.4, 0.5) is 11.4 Å². The number of amides is 1. The van der Waals surface area contributed by atoms with Crippen LogP contribution in [0.3, 0.4) is 0 Å². The summed E-state index contributed by atoms with van der Waals surface area (Å²) in [7, 11) is 0. The highest BCUT2D eigenvalue weighted by molar-refractivity contribution is 6.31. The first kappa shape index (κ1) is 17.7. The number of anilines is 1. The fraction of sp³-hybridized carbons (Fsp3) is 0. The molecular weight excluding hydrogens is 382 g/mol. The van der Waals surface area contributed by atoms with Crippen molar-refractivity contribution < 1.29 is 14.1 Å². The van der Waals surface area contributed by atoms with E-state index < -0.39 is 4.92 Å². The summed E-state index contributed by atoms with van der Waals surface area (Å²) in [6, 6.07) is 17.8. The molecule has 0 saturated carbocycles. The summed E-state index contributed by atoms with van der Waals surface area (Å²) in [5.41, 5.74) is 2.15. The van der Waals surface area contributed by atoms with Gasteiger partial charge in [0.15, 0.2) is 5.58 Å². The Hall–Kier alpha value is -3.71. The second-order valence-electron chi connectivity index (χ2n) is 5.94. The quantitative estimate of drug-likeness (QED) is 0.374. The van der Waals surface area contributed by atoms with Crippen molar-refractivity contribution in [3.05, 3.63) is 87.4 Å². The van der Waals surface area contributed by atoms with Gasteiger partial charge in [0.1, 0.15) is 5.52 Å². The third-order valence-electron chi connectivity index (χ3n) is 4.08. The van der Waals surface area contributed by atoms with Crippen LogP contribution in [0.15, 0.2) is 71.1 Å². The molecule has 7 nitrogen and oxygen atoms in total. The van der Waals surface area contributed by atoms with Crippen LogP contribution in [0.25, 0.3) is 22.6 Å². The average molecular weight is 394 g/mol. The van der Waals surface area contributed by atoms with Crippen molar-refractivity contribution in [3.63, 3.8) is 0 Å². The number of carbonyl (C=O) groups is 1. The SMILES string of the molecule is O=C(Nc1ccccc1-c1nc2ccc([N+](=O)[O-])cc2o1)c1cccc(Cl)c1. The predicted molar refractivity (Wildman–Crippen MR) is 106 cm³/mol. The molecule has 0 bridgehead atoms. The highest BCUT2D eigenvalue weighted by Gasteiger charge is 2.16. The lowest BCUT2D eigenvalue weighted by molar-refractivity contribution is -0.384. The molecule has 3 aromatic carbocycles. The lowest BCUT2D eigenvalue weighted by Crippen LogP contribution is -2.12. The number of fused-ring (bicyclic) bond motifs is 1. The summed E-state index contributed by atoms with van der Waals surface area (Å²) < 4.78 is 5.70. The molecule has 0 atom stereocenters. The Labute approximate surface area is 163 Å². The van der Waals surface area contributed by atoms with Crippen LogP contribution in [0.5, 0.6) is 0 Å². The van der Waals surface area contributed by atoms with E-state index in [9.17, 15) is 14.9 Å². The van der Waals surface area contributed by atoms with Crippen molar-refractivity contribution in [1.82, 2.24) is 4.98 Å². The van der Waals surface area contributed by atoms with Crippen molar-refractivity contribution in [3.8, 4) is 11.5 Å².